The van der Waals surface area contributed by atoms with Crippen LogP contribution in [0.5, 0.6) is 5.75 Å². The summed E-state index contributed by atoms with van der Waals surface area (Å²) in [5, 5.41) is 7.60. The number of sulfonamides is 1. The molecule has 0 bridgehead atoms. The van der Waals surface area contributed by atoms with Gasteiger partial charge in [0.05, 0.1) is 6.10 Å². The van der Waals surface area contributed by atoms with Crippen molar-refractivity contribution >= 4 is 15.8 Å². The van der Waals surface area contributed by atoms with Gasteiger partial charge in [0.25, 0.3) is 10.0 Å². The highest BCUT2D eigenvalue weighted by Gasteiger charge is 2.24. The van der Waals surface area contributed by atoms with E-state index >= 15 is 0 Å². The molecular formula is C9H13N3O3S. The molecule has 0 amide bonds. The fourth-order valence-corrected chi connectivity index (χ4v) is 1.71. The van der Waals surface area contributed by atoms with E-state index in [1.807, 2.05) is 0 Å². The van der Waals surface area contributed by atoms with Crippen molar-refractivity contribution in [2.45, 2.75) is 24.0 Å². The molecule has 1 aliphatic rings. The van der Waals surface area contributed by atoms with E-state index in [0.29, 0.717) is 11.6 Å². The minimum atomic E-state index is -3.80. The highest BCUT2D eigenvalue weighted by atomic mass is 32.2. The van der Waals surface area contributed by atoms with E-state index < -0.39 is 10.0 Å². The van der Waals surface area contributed by atoms with Crippen LogP contribution in [-0.2, 0) is 10.0 Å². The number of aromatic nitrogens is 1. The Kier molecular flexibility index (Phi) is 2.73. The van der Waals surface area contributed by atoms with E-state index in [4.69, 9.17) is 9.88 Å². The van der Waals surface area contributed by atoms with Crippen molar-refractivity contribution in [1.82, 2.24) is 4.98 Å². The smallest absolute Gasteiger partial charge is 0.255 e. The van der Waals surface area contributed by atoms with Gasteiger partial charge in [-0.25, -0.2) is 18.5 Å². The second-order valence-corrected chi connectivity index (χ2v) is 5.15. The van der Waals surface area contributed by atoms with Gasteiger partial charge in [0.1, 0.15) is 11.6 Å². The molecule has 1 saturated carbocycles. The highest BCUT2D eigenvalue weighted by molar-refractivity contribution is 7.89. The molecule has 1 aliphatic carbocycles. The zero-order valence-corrected chi connectivity index (χ0v) is 9.62. The lowest BCUT2D eigenvalue weighted by Gasteiger charge is -2.08. The molecule has 0 saturated heterocycles. The number of anilines is 1. The second-order valence-electron chi connectivity index (χ2n) is 3.64. The number of hydrogen-bond donors (Lipinski definition) is 2. The third-order valence-electron chi connectivity index (χ3n) is 2.15. The molecular weight excluding hydrogens is 230 g/mol. The van der Waals surface area contributed by atoms with Crippen LogP contribution in [0.15, 0.2) is 17.2 Å². The van der Waals surface area contributed by atoms with Crippen LogP contribution in [0.2, 0.25) is 0 Å². The first-order valence-electron chi connectivity index (χ1n) is 4.88. The number of hydrogen-bond acceptors (Lipinski definition) is 5. The maximum absolute atomic E-state index is 11.2. The SMILES string of the molecule is CNc1cc(OC2CC2)cc(S(N)(=O)=O)n1. The average Bonchev–Trinajstić information content (AvgIpc) is 3.00. The molecule has 0 spiro atoms. The molecule has 2 rings (SSSR count). The number of primary sulfonamides is 1. The van der Waals surface area contributed by atoms with Crippen LogP contribution in [0.3, 0.4) is 0 Å². The zero-order valence-electron chi connectivity index (χ0n) is 8.80. The lowest BCUT2D eigenvalue weighted by molar-refractivity contribution is 0.302. The number of pyridine rings is 1. The molecule has 0 aliphatic heterocycles. The largest absolute Gasteiger partial charge is 0.490 e. The first-order chi connectivity index (χ1) is 7.49. The number of nitrogens with one attached hydrogen (secondary N) is 1. The summed E-state index contributed by atoms with van der Waals surface area (Å²) < 4.78 is 27.9. The number of nitrogens with zero attached hydrogens (tertiary/aromatic N) is 1. The first kappa shape index (κ1) is 11.2. The van der Waals surface area contributed by atoms with Crippen molar-refractivity contribution in [3.05, 3.63) is 12.1 Å². The van der Waals surface area contributed by atoms with Gasteiger partial charge in [0.15, 0.2) is 5.03 Å². The van der Waals surface area contributed by atoms with Crippen LogP contribution >= 0.6 is 0 Å². The van der Waals surface area contributed by atoms with Crippen molar-refractivity contribution in [2.24, 2.45) is 5.14 Å². The van der Waals surface area contributed by atoms with Gasteiger partial charge >= 0.3 is 0 Å². The Labute approximate surface area is 93.9 Å². The summed E-state index contributed by atoms with van der Waals surface area (Å²) in [5.74, 6) is 0.896. The van der Waals surface area contributed by atoms with Crippen LogP contribution < -0.4 is 15.2 Å². The molecule has 88 valence electrons. The Hall–Kier alpha value is -1.34. The third-order valence-corrected chi connectivity index (χ3v) is 2.94. The minimum absolute atomic E-state index is 0.185. The van der Waals surface area contributed by atoms with Gasteiger partial charge in [-0.05, 0) is 12.8 Å². The van der Waals surface area contributed by atoms with Crippen LogP contribution in [0.1, 0.15) is 12.8 Å². The molecule has 0 aromatic carbocycles. The summed E-state index contributed by atoms with van der Waals surface area (Å²) in [5.41, 5.74) is 0. The molecule has 1 aromatic heterocycles. The number of ether oxygens (including phenoxy) is 1. The maximum atomic E-state index is 11.2. The highest BCUT2D eigenvalue weighted by Crippen LogP contribution is 2.28. The van der Waals surface area contributed by atoms with E-state index in [9.17, 15) is 8.42 Å². The Morgan fingerprint density at radius 3 is 2.69 bits per heavy atom. The molecule has 1 heterocycles. The summed E-state index contributed by atoms with van der Waals surface area (Å²) in [7, 11) is -2.16. The molecule has 6 nitrogen and oxygen atoms in total. The van der Waals surface area contributed by atoms with Gasteiger partial charge in [-0.2, -0.15) is 0 Å². The van der Waals surface area contributed by atoms with E-state index in [0.717, 1.165) is 12.8 Å². The van der Waals surface area contributed by atoms with E-state index in [1.165, 1.54) is 6.07 Å². The summed E-state index contributed by atoms with van der Waals surface area (Å²) in [4.78, 5) is 3.85. The zero-order chi connectivity index (χ0) is 11.8. The monoisotopic (exact) mass is 243 g/mol. The standard InChI is InChI=1S/C9H13N3O3S/c1-11-8-4-7(15-6-2-3-6)5-9(12-8)16(10,13)14/h4-6H,2-3H2,1H3,(H,11,12)(H2,10,13,14). The van der Waals surface area contributed by atoms with E-state index in [2.05, 4.69) is 10.3 Å². The Bertz CT molecular complexity index is 497. The third kappa shape index (κ3) is 2.61. The van der Waals surface area contributed by atoms with Gasteiger partial charge in [0, 0.05) is 19.2 Å². The topological polar surface area (TPSA) is 94.3 Å². The Morgan fingerprint density at radius 2 is 2.19 bits per heavy atom. The number of nitrogens with two attached hydrogens (primary N) is 1. The van der Waals surface area contributed by atoms with Gasteiger partial charge in [-0.3, -0.25) is 0 Å². The fourth-order valence-electron chi connectivity index (χ4n) is 1.20. The Morgan fingerprint density at radius 1 is 1.50 bits per heavy atom. The molecule has 7 heteroatoms. The predicted octanol–water partition coefficient (Wildman–Crippen LogP) is 0.312. The van der Waals surface area contributed by atoms with E-state index in [-0.39, 0.29) is 11.1 Å². The number of rotatable bonds is 4. The molecule has 16 heavy (non-hydrogen) atoms. The Balaban J connectivity index is 2.37. The van der Waals surface area contributed by atoms with Gasteiger partial charge < -0.3 is 10.1 Å². The maximum Gasteiger partial charge on any atom is 0.255 e. The van der Waals surface area contributed by atoms with Crippen molar-refractivity contribution in [3.63, 3.8) is 0 Å². The van der Waals surface area contributed by atoms with Gasteiger partial charge in [-0.1, -0.05) is 0 Å². The van der Waals surface area contributed by atoms with Crippen LogP contribution in [0.25, 0.3) is 0 Å². The quantitative estimate of drug-likeness (QED) is 0.793. The summed E-state index contributed by atoms with van der Waals surface area (Å²) in [6, 6.07) is 2.99. The normalized spacial score (nSPS) is 15.9. The molecule has 3 N–H and O–H groups in total. The van der Waals surface area contributed by atoms with Crippen molar-refractivity contribution in [3.8, 4) is 5.75 Å². The molecule has 0 atom stereocenters. The van der Waals surface area contributed by atoms with Crippen molar-refractivity contribution in [1.29, 1.82) is 0 Å². The van der Waals surface area contributed by atoms with Crippen LogP contribution in [-0.4, -0.2) is 26.6 Å². The summed E-state index contributed by atoms with van der Waals surface area (Å²) in [6.07, 6.45) is 2.20. The summed E-state index contributed by atoms with van der Waals surface area (Å²) in [6.45, 7) is 0. The predicted molar refractivity (Wildman–Crippen MR) is 58.8 cm³/mol. The van der Waals surface area contributed by atoms with Crippen LogP contribution in [0.4, 0.5) is 5.82 Å². The second kappa shape index (κ2) is 3.91. The molecule has 1 aromatic rings. The molecule has 1 fully saturated rings. The molecule has 0 unspecified atom stereocenters. The first-order valence-corrected chi connectivity index (χ1v) is 6.43. The van der Waals surface area contributed by atoms with Crippen molar-refractivity contribution < 1.29 is 13.2 Å². The minimum Gasteiger partial charge on any atom is -0.490 e. The lowest BCUT2D eigenvalue weighted by atomic mass is 10.4. The van der Waals surface area contributed by atoms with Gasteiger partial charge in [0.2, 0.25) is 0 Å². The average molecular weight is 243 g/mol. The lowest BCUT2D eigenvalue weighted by Crippen LogP contribution is -2.15. The van der Waals surface area contributed by atoms with E-state index in [1.54, 1.807) is 13.1 Å². The van der Waals surface area contributed by atoms with Crippen molar-refractivity contribution in [2.75, 3.05) is 12.4 Å². The molecule has 0 radical (unpaired) electrons. The fraction of sp³-hybridized carbons (Fsp3) is 0.444. The van der Waals surface area contributed by atoms with Gasteiger partial charge in [-0.15, -0.1) is 0 Å². The summed E-state index contributed by atoms with van der Waals surface area (Å²) >= 11 is 0. The van der Waals surface area contributed by atoms with Crippen LogP contribution in [0, 0.1) is 0 Å².